The van der Waals surface area contributed by atoms with Crippen LogP contribution in [0.25, 0.3) is 0 Å². The zero-order valence-corrected chi connectivity index (χ0v) is 13.5. The first kappa shape index (κ1) is 15.2. The second kappa shape index (κ2) is 6.61. The number of nitrogens with zero attached hydrogens (tertiary/aromatic N) is 3. The van der Waals surface area contributed by atoms with Gasteiger partial charge >= 0.3 is 0 Å². The van der Waals surface area contributed by atoms with E-state index in [1.807, 2.05) is 25.4 Å². The molecule has 1 aliphatic heterocycles. The zero-order valence-electron chi connectivity index (χ0n) is 13.5. The maximum atomic E-state index is 12.5. The third-order valence-corrected chi connectivity index (χ3v) is 4.86. The molecule has 0 bridgehead atoms. The largest absolute Gasteiger partial charge is 0.341 e. The van der Waals surface area contributed by atoms with Crippen molar-refractivity contribution in [2.75, 3.05) is 26.7 Å². The van der Waals surface area contributed by atoms with Crippen LogP contribution in [0.2, 0.25) is 0 Å². The molecule has 3 rings (SSSR count). The third kappa shape index (κ3) is 3.55. The summed E-state index contributed by atoms with van der Waals surface area (Å²) in [6.07, 6.45) is 8.30. The Morgan fingerprint density at radius 2 is 2.23 bits per heavy atom. The number of carbonyl (C=O) groups is 1. The van der Waals surface area contributed by atoms with Crippen LogP contribution in [0.4, 0.5) is 0 Å². The number of allylic oxidation sites excluding steroid dienone is 2. The van der Waals surface area contributed by atoms with Crippen molar-refractivity contribution in [1.82, 2.24) is 14.8 Å². The van der Waals surface area contributed by atoms with Gasteiger partial charge in [0.1, 0.15) is 0 Å². The predicted octanol–water partition coefficient (Wildman–Crippen LogP) is 2.33. The van der Waals surface area contributed by atoms with Gasteiger partial charge in [0, 0.05) is 32.0 Å². The Morgan fingerprint density at radius 3 is 3.00 bits per heavy atom. The van der Waals surface area contributed by atoms with Gasteiger partial charge in [-0.2, -0.15) is 0 Å². The molecule has 1 fully saturated rings. The number of hydrogen-bond acceptors (Lipinski definition) is 3. The first-order chi connectivity index (χ1) is 10.6. The van der Waals surface area contributed by atoms with Gasteiger partial charge < -0.3 is 4.90 Å². The van der Waals surface area contributed by atoms with Gasteiger partial charge in [-0.15, -0.1) is 0 Å². The molecule has 118 valence electrons. The number of pyridine rings is 1. The molecule has 2 aliphatic rings. The van der Waals surface area contributed by atoms with Gasteiger partial charge in [-0.25, -0.2) is 0 Å². The molecular weight excluding hydrogens is 274 g/mol. The Morgan fingerprint density at radius 1 is 1.41 bits per heavy atom. The lowest BCUT2D eigenvalue weighted by Gasteiger charge is -2.22. The summed E-state index contributed by atoms with van der Waals surface area (Å²) in [5, 5.41) is 0. The molecule has 22 heavy (non-hydrogen) atoms. The van der Waals surface area contributed by atoms with Gasteiger partial charge in [0.05, 0.1) is 6.54 Å². The van der Waals surface area contributed by atoms with Crippen LogP contribution in [-0.4, -0.2) is 47.4 Å². The minimum atomic E-state index is 0.262. The van der Waals surface area contributed by atoms with Crippen molar-refractivity contribution in [2.45, 2.75) is 26.3 Å². The normalized spacial score (nSPS) is 24.3. The summed E-state index contributed by atoms with van der Waals surface area (Å²) >= 11 is 0. The quantitative estimate of drug-likeness (QED) is 0.801. The molecule has 2 atom stereocenters. The van der Waals surface area contributed by atoms with E-state index in [-0.39, 0.29) is 5.91 Å². The van der Waals surface area contributed by atoms with Crippen LogP contribution in [0.15, 0.2) is 36.2 Å². The number of likely N-dealkylation sites (N-methyl/N-ethyl adjacent to an activating group) is 1. The van der Waals surface area contributed by atoms with Crippen LogP contribution < -0.4 is 0 Å². The lowest BCUT2D eigenvalue weighted by Crippen LogP contribution is -2.37. The second-order valence-electron chi connectivity index (χ2n) is 6.84. The Labute approximate surface area is 132 Å². The first-order valence-electron chi connectivity index (χ1n) is 8.12. The molecule has 1 aromatic rings. The molecule has 0 spiro atoms. The number of rotatable bonds is 4. The number of fused-ring (bicyclic) bond motifs is 1. The van der Waals surface area contributed by atoms with Gasteiger partial charge in [0.15, 0.2) is 0 Å². The molecule has 4 nitrogen and oxygen atoms in total. The molecule has 0 radical (unpaired) electrons. The van der Waals surface area contributed by atoms with Crippen molar-refractivity contribution in [3.63, 3.8) is 0 Å². The summed E-state index contributed by atoms with van der Waals surface area (Å²) in [5.74, 6) is 1.62. The smallest absolute Gasteiger partial charge is 0.236 e. The summed E-state index contributed by atoms with van der Waals surface area (Å²) in [6.45, 7) is 5.34. The molecule has 1 aliphatic carbocycles. The van der Waals surface area contributed by atoms with Crippen LogP contribution in [0.3, 0.4) is 0 Å². The van der Waals surface area contributed by atoms with Crippen LogP contribution in [0.5, 0.6) is 0 Å². The SMILES string of the molecule is CC1=CC[C@@H]2CN(C(=O)CN(C)Cc3cccnc3)C[C@@H]2C1. The summed E-state index contributed by atoms with van der Waals surface area (Å²) in [7, 11) is 2.00. The molecule has 0 N–H and O–H groups in total. The average Bonchev–Trinajstić information content (AvgIpc) is 2.91. The Hall–Kier alpha value is -1.68. The van der Waals surface area contributed by atoms with E-state index >= 15 is 0 Å². The van der Waals surface area contributed by atoms with Gasteiger partial charge in [0.2, 0.25) is 5.91 Å². The van der Waals surface area contributed by atoms with Crippen molar-refractivity contribution < 1.29 is 4.79 Å². The van der Waals surface area contributed by atoms with E-state index in [0.29, 0.717) is 18.4 Å². The van der Waals surface area contributed by atoms with Crippen molar-refractivity contribution in [3.8, 4) is 0 Å². The van der Waals surface area contributed by atoms with E-state index in [1.165, 1.54) is 12.0 Å². The lowest BCUT2D eigenvalue weighted by atomic mass is 9.83. The van der Waals surface area contributed by atoms with Gasteiger partial charge in [-0.05, 0) is 50.3 Å². The topological polar surface area (TPSA) is 36.4 Å². The summed E-state index contributed by atoms with van der Waals surface area (Å²) in [6, 6.07) is 3.98. The van der Waals surface area contributed by atoms with Crippen molar-refractivity contribution in [3.05, 3.63) is 41.7 Å². The van der Waals surface area contributed by atoms with E-state index < -0.39 is 0 Å². The Kier molecular flexibility index (Phi) is 4.57. The molecule has 1 saturated heterocycles. The number of likely N-dealkylation sites (tertiary alicyclic amines) is 1. The van der Waals surface area contributed by atoms with E-state index in [0.717, 1.165) is 31.6 Å². The molecular formula is C18H25N3O. The summed E-state index contributed by atoms with van der Waals surface area (Å²) in [4.78, 5) is 20.8. The third-order valence-electron chi connectivity index (χ3n) is 4.86. The average molecular weight is 299 g/mol. The van der Waals surface area contributed by atoms with Crippen LogP contribution >= 0.6 is 0 Å². The highest BCUT2D eigenvalue weighted by Gasteiger charge is 2.36. The first-order valence-corrected chi connectivity index (χ1v) is 8.12. The monoisotopic (exact) mass is 299 g/mol. The van der Waals surface area contributed by atoms with Gasteiger partial charge in [0.25, 0.3) is 0 Å². The van der Waals surface area contributed by atoms with Crippen LogP contribution in [-0.2, 0) is 11.3 Å². The van der Waals surface area contributed by atoms with E-state index in [1.54, 1.807) is 6.20 Å². The fourth-order valence-electron chi connectivity index (χ4n) is 3.68. The molecule has 0 unspecified atom stereocenters. The molecule has 4 heteroatoms. The Balaban J connectivity index is 1.50. The summed E-state index contributed by atoms with van der Waals surface area (Å²) in [5.41, 5.74) is 2.64. The fourth-order valence-corrected chi connectivity index (χ4v) is 3.68. The standard InChI is InChI=1S/C18H25N3O/c1-14-5-6-16-11-21(12-17(16)8-14)18(22)13-20(2)10-15-4-3-7-19-9-15/h3-5,7,9,16-17H,6,8,10-13H2,1-2H3/t16-,17+/m1/s1. The van der Waals surface area contributed by atoms with Gasteiger partial charge in [-0.1, -0.05) is 17.7 Å². The predicted molar refractivity (Wildman–Crippen MR) is 87.1 cm³/mol. The zero-order chi connectivity index (χ0) is 15.5. The maximum absolute atomic E-state index is 12.5. The van der Waals surface area contributed by atoms with E-state index in [4.69, 9.17) is 0 Å². The van der Waals surface area contributed by atoms with E-state index in [2.05, 4.69) is 27.8 Å². The highest BCUT2D eigenvalue weighted by Crippen LogP contribution is 2.35. The van der Waals surface area contributed by atoms with Crippen molar-refractivity contribution in [1.29, 1.82) is 0 Å². The minimum absolute atomic E-state index is 0.262. The fraction of sp³-hybridized carbons (Fsp3) is 0.556. The molecule has 1 aromatic heterocycles. The van der Waals surface area contributed by atoms with Crippen LogP contribution in [0.1, 0.15) is 25.3 Å². The summed E-state index contributed by atoms with van der Waals surface area (Å²) < 4.78 is 0. The van der Waals surface area contributed by atoms with Crippen molar-refractivity contribution in [2.24, 2.45) is 11.8 Å². The second-order valence-corrected chi connectivity index (χ2v) is 6.84. The van der Waals surface area contributed by atoms with Gasteiger partial charge in [-0.3, -0.25) is 14.7 Å². The van der Waals surface area contributed by atoms with Crippen molar-refractivity contribution >= 4 is 5.91 Å². The molecule has 0 saturated carbocycles. The highest BCUT2D eigenvalue weighted by atomic mass is 16.2. The molecule has 0 aromatic carbocycles. The Bertz CT molecular complexity index is 555. The van der Waals surface area contributed by atoms with Crippen LogP contribution in [0, 0.1) is 11.8 Å². The highest BCUT2D eigenvalue weighted by molar-refractivity contribution is 5.78. The molecule has 1 amide bonds. The lowest BCUT2D eigenvalue weighted by molar-refractivity contribution is -0.131. The molecule has 2 heterocycles. The number of amides is 1. The number of carbonyl (C=O) groups excluding carboxylic acids is 1. The number of hydrogen-bond donors (Lipinski definition) is 0. The number of aromatic nitrogens is 1. The maximum Gasteiger partial charge on any atom is 0.236 e. The van der Waals surface area contributed by atoms with E-state index in [9.17, 15) is 4.79 Å². The minimum Gasteiger partial charge on any atom is -0.341 e.